The fraction of sp³-hybridized carbons (Fsp3) is 0.500. The van der Waals surface area contributed by atoms with Crippen molar-refractivity contribution in [3.8, 4) is 0 Å². The third-order valence-corrected chi connectivity index (χ3v) is 2.81. The van der Waals surface area contributed by atoms with Crippen LogP contribution in [0.3, 0.4) is 0 Å². The first-order chi connectivity index (χ1) is 7.63. The van der Waals surface area contributed by atoms with E-state index in [9.17, 15) is 4.39 Å². The summed E-state index contributed by atoms with van der Waals surface area (Å²) >= 11 is 5.69. The van der Waals surface area contributed by atoms with Gasteiger partial charge in [0.25, 0.3) is 0 Å². The van der Waals surface area contributed by atoms with Gasteiger partial charge in [0.1, 0.15) is 5.82 Å². The van der Waals surface area contributed by atoms with Gasteiger partial charge in [-0.05, 0) is 31.3 Å². The van der Waals surface area contributed by atoms with Crippen molar-refractivity contribution in [2.45, 2.75) is 13.5 Å². The van der Waals surface area contributed by atoms with Crippen LogP contribution in [0, 0.1) is 5.82 Å². The molecule has 4 heteroatoms. The van der Waals surface area contributed by atoms with Gasteiger partial charge in [0.15, 0.2) is 0 Å². The molecule has 0 bridgehead atoms. The second-order valence-electron chi connectivity index (χ2n) is 3.82. The average molecular weight is 245 g/mol. The largest absolute Gasteiger partial charge is 0.311 e. The van der Waals surface area contributed by atoms with E-state index in [1.165, 1.54) is 6.07 Å². The summed E-state index contributed by atoms with van der Waals surface area (Å²) in [4.78, 5) is 2.23. The molecule has 2 nitrogen and oxygen atoms in total. The number of rotatable bonds is 6. The van der Waals surface area contributed by atoms with Crippen LogP contribution < -0.4 is 5.32 Å². The zero-order chi connectivity index (χ0) is 12.0. The predicted octanol–water partition coefficient (Wildman–Crippen LogP) is 2.52. The fourth-order valence-corrected chi connectivity index (χ4v) is 1.51. The predicted molar refractivity (Wildman–Crippen MR) is 66.3 cm³/mol. The van der Waals surface area contributed by atoms with Crippen LogP contribution in [-0.2, 0) is 6.54 Å². The van der Waals surface area contributed by atoms with Gasteiger partial charge < -0.3 is 10.2 Å². The number of benzene rings is 1. The maximum Gasteiger partial charge on any atom is 0.141 e. The molecule has 0 amide bonds. The monoisotopic (exact) mass is 244 g/mol. The second kappa shape index (κ2) is 6.84. The van der Waals surface area contributed by atoms with Crippen molar-refractivity contribution in [3.63, 3.8) is 0 Å². The molecule has 0 saturated heterocycles. The summed E-state index contributed by atoms with van der Waals surface area (Å²) in [7, 11) is 2.08. The quantitative estimate of drug-likeness (QED) is 0.774. The van der Waals surface area contributed by atoms with E-state index in [0.29, 0.717) is 0 Å². The van der Waals surface area contributed by atoms with E-state index in [0.717, 1.165) is 31.7 Å². The molecule has 0 spiro atoms. The number of nitrogens with zero attached hydrogens (tertiary/aromatic N) is 1. The highest BCUT2D eigenvalue weighted by Gasteiger charge is 2.00. The van der Waals surface area contributed by atoms with Gasteiger partial charge in [0, 0.05) is 19.6 Å². The lowest BCUT2D eigenvalue weighted by molar-refractivity contribution is 0.349. The summed E-state index contributed by atoms with van der Waals surface area (Å²) in [6.07, 6.45) is 0. The summed E-state index contributed by atoms with van der Waals surface area (Å²) in [6.45, 7) is 5.81. The molecule has 0 unspecified atom stereocenters. The maximum atomic E-state index is 12.9. The van der Waals surface area contributed by atoms with Crippen LogP contribution >= 0.6 is 11.6 Å². The first-order valence-electron chi connectivity index (χ1n) is 5.46. The molecule has 0 aromatic heterocycles. The lowest BCUT2D eigenvalue weighted by atomic mass is 10.2. The van der Waals surface area contributed by atoms with E-state index < -0.39 is 0 Å². The summed E-state index contributed by atoms with van der Waals surface area (Å²) in [5, 5.41) is 3.48. The Hall–Kier alpha value is -0.640. The molecule has 0 heterocycles. The third kappa shape index (κ3) is 4.47. The highest BCUT2D eigenvalue weighted by atomic mass is 35.5. The van der Waals surface area contributed by atoms with Crippen molar-refractivity contribution in [1.29, 1.82) is 0 Å². The summed E-state index contributed by atoms with van der Waals surface area (Å²) in [6, 6.07) is 4.81. The van der Waals surface area contributed by atoms with Gasteiger partial charge in [0.2, 0.25) is 0 Å². The number of hydrogen-bond acceptors (Lipinski definition) is 2. The molecule has 0 fully saturated rings. The van der Waals surface area contributed by atoms with Crippen LogP contribution in [0.25, 0.3) is 0 Å². The van der Waals surface area contributed by atoms with Crippen LogP contribution in [0.2, 0.25) is 5.02 Å². The van der Waals surface area contributed by atoms with Crippen molar-refractivity contribution in [3.05, 3.63) is 34.6 Å². The Labute approximate surface area is 101 Å². The first kappa shape index (κ1) is 13.4. The summed E-state index contributed by atoms with van der Waals surface area (Å²) in [5.74, 6) is -0.365. The van der Waals surface area contributed by atoms with E-state index in [-0.39, 0.29) is 10.8 Å². The van der Waals surface area contributed by atoms with Crippen molar-refractivity contribution in [1.82, 2.24) is 10.2 Å². The molecule has 1 rings (SSSR count). The molecule has 0 saturated carbocycles. The Morgan fingerprint density at radius 2 is 2.19 bits per heavy atom. The number of halogens is 2. The number of nitrogens with one attached hydrogen (secondary N) is 1. The van der Waals surface area contributed by atoms with E-state index in [4.69, 9.17) is 11.6 Å². The SMILES string of the molecule is CCN(C)CCNCc1ccc(F)c(Cl)c1. The Morgan fingerprint density at radius 3 is 2.81 bits per heavy atom. The second-order valence-corrected chi connectivity index (χ2v) is 4.23. The van der Waals surface area contributed by atoms with Gasteiger partial charge in [-0.2, -0.15) is 0 Å². The third-order valence-electron chi connectivity index (χ3n) is 2.52. The van der Waals surface area contributed by atoms with Gasteiger partial charge in [-0.3, -0.25) is 0 Å². The molecule has 0 aliphatic heterocycles. The van der Waals surface area contributed by atoms with E-state index in [1.54, 1.807) is 12.1 Å². The summed E-state index contributed by atoms with van der Waals surface area (Å²) in [5.41, 5.74) is 1.01. The van der Waals surface area contributed by atoms with E-state index in [1.807, 2.05) is 0 Å². The fourth-order valence-electron chi connectivity index (χ4n) is 1.31. The van der Waals surface area contributed by atoms with E-state index in [2.05, 4.69) is 24.2 Å². The van der Waals surface area contributed by atoms with Gasteiger partial charge >= 0.3 is 0 Å². The smallest absolute Gasteiger partial charge is 0.141 e. The molecule has 0 radical (unpaired) electrons. The topological polar surface area (TPSA) is 15.3 Å². The molecule has 16 heavy (non-hydrogen) atoms. The first-order valence-corrected chi connectivity index (χ1v) is 5.84. The van der Waals surface area contributed by atoms with Crippen molar-refractivity contribution < 1.29 is 4.39 Å². The van der Waals surface area contributed by atoms with Crippen LogP contribution in [0.5, 0.6) is 0 Å². The van der Waals surface area contributed by atoms with Crippen LogP contribution in [-0.4, -0.2) is 31.6 Å². The normalized spacial score (nSPS) is 11.1. The molecule has 1 N–H and O–H groups in total. The van der Waals surface area contributed by atoms with Crippen LogP contribution in [0.15, 0.2) is 18.2 Å². The zero-order valence-corrected chi connectivity index (χ0v) is 10.5. The molecule has 0 atom stereocenters. The lowest BCUT2D eigenvalue weighted by Gasteiger charge is -2.14. The van der Waals surface area contributed by atoms with Crippen molar-refractivity contribution >= 4 is 11.6 Å². The lowest BCUT2D eigenvalue weighted by Crippen LogP contribution is -2.28. The molecular formula is C12H18ClFN2. The Balaban J connectivity index is 2.29. The Morgan fingerprint density at radius 1 is 1.44 bits per heavy atom. The van der Waals surface area contributed by atoms with Gasteiger partial charge in [0.05, 0.1) is 5.02 Å². The van der Waals surface area contributed by atoms with Gasteiger partial charge in [-0.15, -0.1) is 0 Å². The standard InChI is InChI=1S/C12H18ClFN2/c1-3-16(2)7-6-15-9-10-4-5-12(14)11(13)8-10/h4-5,8,15H,3,6-7,9H2,1-2H3. The van der Waals surface area contributed by atoms with Crippen molar-refractivity contribution in [2.75, 3.05) is 26.7 Å². The minimum absolute atomic E-state index is 0.185. The number of hydrogen-bond donors (Lipinski definition) is 1. The number of likely N-dealkylation sites (N-methyl/N-ethyl adjacent to an activating group) is 1. The van der Waals surface area contributed by atoms with Gasteiger partial charge in [-0.25, -0.2) is 4.39 Å². The average Bonchev–Trinajstić information content (AvgIpc) is 2.28. The van der Waals surface area contributed by atoms with E-state index >= 15 is 0 Å². The van der Waals surface area contributed by atoms with Crippen molar-refractivity contribution in [2.24, 2.45) is 0 Å². The molecule has 0 aliphatic rings. The minimum atomic E-state index is -0.365. The Bertz CT molecular complexity index is 331. The molecule has 1 aromatic rings. The Kier molecular flexibility index (Phi) is 5.74. The van der Waals surface area contributed by atoms with Crippen LogP contribution in [0.4, 0.5) is 4.39 Å². The highest BCUT2D eigenvalue weighted by Crippen LogP contribution is 2.15. The van der Waals surface area contributed by atoms with Gasteiger partial charge in [-0.1, -0.05) is 24.6 Å². The molecular weight excluding hydrogens is 227 g/mol. The highest BCUT2D eigenvalue weighted by molar-refractivity contribution is 6.30. The van der Waals surface area contributed by atoms with Crippen LogP contribution in [0.1, 0.15) is 12.5 Å². The minimum Gasteiger partial charge on any atom is -0.311 e. The maximum absolute atomic E-state index is 12.9. The molecule has 0 aliphatic carbocycles. The zero-order valence-electron chi connectivity index (χ0n) is 9.76. The molecule has 1 aromatic carbocycles. The molecule has 90 valence electrons. The summed E-state index contributed by atoms with van der Waals surface area (Å²) < 4.78 is 12.9.